The Bertz CT molecular complexity index is 1290. The Morgan fingerprint density at radius 1 is 0.456 bits per heavy atom. The molecule has 0 heterocycles. The van der Waals surface area contributed by atoms with E-state index in [1.807, 2.05) is 21.1 Å². The Balaban J connectivity index is 4.21. The Hall–Kier alpha value is -2.03. The summed E-state index contributed by atoms with van der Waals surface area (Å²) >= 11 is 0. The Labute approximate surface area is 420 Å². The normalized spacial score (nSPS) is 13.7. The van der Waals surface area contributed by atoms with Crippen molar-refractivity contribution in [2.45, 2.75) is 264 Å². The predicted octanol–water partition coefficient (Wildman–Crippen LogP) is 17.4. The maximum absolute atomic E-state index is 12.8. The number of hydrogen-bond acceptors (Lipinski definition) is 7. The average molecular weight is 979 g/mol. The van der Waals surface area contributed by atoms with Crippen LogP contribution in [-0.4, -0.2) is 74.9 Å². The summed E-state index contributed by atoms with van der Waals surface area (Å²) in [4.78, 5) is 35.7. The summed E-state index contributed by atoms with van der Waals surface area (Å²) < 4.78 is 34.5. The quantitative estimate of drug-likeness (QED) is 0.0211. The van der Waals surface area contributed by atoms with E-state index >= 15 is 0 Å². The van der Waals surface area contributed by atoms with Crippen molar-refractivity contribution in [3.05, 3.63) is 48.6 Å². The molecule has 0 amide bonds. The van der Waals surface area contributed by atoms with Gasteiger partial charge in [-0.3, -0.25) is 18.6 Å². The number of carbonyl (C=O) groups excluding carboxylic acids is 2. The SMILES string of the molecule is CCCCCCC/C=C\C/C=C\C/C=C\CCCCCCCCCCC(=O)OC(COC(=O)CCCCCCCCCCC/C=C\CCCCCCCCCC)COP(=O)(O)OCC[N+](C)(C)C. The van der Waals surface area contributed by atoms with E-state index in [9.17, 15) is 19.0 Å². The van der Waals surface area contributed by atoms with Crippen LogP contribution in [0, 0.1) is 0 Å². The van der Waals surface area contributed by atoms with E-state index in [-0.39, 0.29) is 32.0 Å². The van der Waals surface area contributed by atoms with Crippen molar-refractivity contribution in [2.75, 3.05) is 47.5 Å². The van der Waals surface area contributed by atoms with Crippen LogP contribution in [-0.2, 0) is 32.7 Å². The lowest BCUT2D eigenvalue weighted by Crippen LogP contribution is -2.37. The number of ether oxygens (including phenoxy) is 2. The molecule has 0 aromatic rings. The number of hydrogen-bond donors (Lipinski definition) is 1. The van der Waals surface area contributed by atoms with E-state index in [1.165, 1.54) is 167 Å². The molecular weight excluding hydrogens is 870 g/mol. The van der Waals surface area contributed by atoms with E-state index < -0.39 is 26.5 Å². The van der Waals surface area contributed by atoms with Gasteiger partial charge in [0.2, 0.25) is 0 Å². The third-order valence-corrected chi connectivity index (χ3v) is 13.3. The van der Waals surface area contributed by atoms with Crippen LogP contribution in [0.1, 0.15) is 258 Å². The number of rotatable bonds is 52. The topological polar surface area (TPSA) is 108 Å². The van der Waals surface area contributed by atoms with E-state index in [1.54, 1.807) is 0 Å². The van der Waals surface area contributed by atoms with Gasteiger partial charge in [-0.1, -0.05) is 217 Å². The highest BCUT2D eigenvalue weighted by Crippen LogP contribution is 2.43. The second-order valence-corrected chi connectivity index (χ2v) is 21.8. The Morgan fingerprint density at radius 3 is 1.19 bits per heavy atom. The molecule has 0 aliphatic rings. The van der Waals surface area contributed by atoms with Crippen LogP contribution in [0.15, 0.2) is 48.6 Å². The van der Waals surface area contributed by atoms with Gasteiger partial charge in [-0.15, -0.1) is 0 Å². The first-order chi connectivity index (χ1) is 33.0. The number of likely N-dealkylation sites (N-methyl/N-ethyl adjacent to an activating group) is 1. The minimum Gasteiger partial charge on any atom is -0.462 e. The number of phosphoric ester groups is 1. The summed E-state index contributed by atoms with van der Waals surface area (Å²) in [6, 6.07) is 0. The number of phosphoric acid groups is 1. The van der Waals surface area contributed by atoms with Crippen molar-refractivity contribution in [1.82, 2.24) is 0 Å². The fraction of sp³-hybridized carbons (Fsp3) is 0.828. The Kier molecular flexibility index (Phi) is 48.4. The molecule has 0 saturated heterocycles. The fourth-order valence-electron chi connectivity index (χ4n) is 7.90. The molecule has 0 rings (SSSR count). The maximum atomic E-state index is 12.8. The van der Waals surface area contributed by atoms with Crippen molar-refractivity contribution >= 4 is 19.8 Å². The van der Waals surface area contributed by atoms with Crippen molar-refractivity contribution in [2.24, 2.45) is 0 Å². The number of unbranched alkanes of at least 4 members (excludes halogenated alkanes) is 30. The molecule has 398 valence electrons. The molecule has 68 heavy (non-hydrogen) atoms. The molecule has 9 nitrogen and oxygen atoms in total. The first-order valence-corrected chi connectivity index (χ1v) is 29.9. The number of allylic oxidation sites excluding steroid dienone is 8. The van der Waals surface area contributed by atoms with Crippen molar-refractivity contribution in [3.8, 4) is 0 Å². The molecule has 0 aliphatic carbocycles. The third kappa shape index (κ3) is 53.3. The summed E-state index contributed by atoms with van der Waals surface area (Å²) in [6.45, 7) is 4.43. The summed E-state index contributed by atoms with van der Waals surface area (Å²) in [6.07, 6.45) is 61.7. The largest absolute Gasteiger partial charge is 0.472 e. The van der Waals surface area contributed by atoms with Crippen LogP contribution in [0.25, 0.3) is 0 Å². The lowest BCUT2D eigenvalue weighted by atomic mass is 10.1. The number of quaternary nitrogens is 1. The van der Waals surface area contributed by atoms with Gasteiger partial charge in [-0.25, -0.2) is 4.57 Å². The lowest BCUT2D eigenvalue weighted by molar-refractivity contribution is -0.870. The molecule has 0 radical (unpaired) electrons. The number of carbonyl (C=O) groups is 2. The molecule has 2 unspecified atom stereocenters. The standard InChI is InChI=1S/C58H108NO8P/c1-6-8-10-12-14-16-18-20-22-24-26-28-29-31-33-35-37-39-41-43-45-47-49-51-58(61)67-56(55-66-68(62,63)65-53-52-59(3,4)5)54-64-57(60)50-48-46-44-42-40-38-36-34-32-30-27-25-23-21-19-17-15-13-11-9-7-2/h18,20,24-27,29,31,56H,6-17,19,21-23,28,30,32-55H2,1-5H3/p+1/b20-18-,26-24-,27-25-,31-29-. The molecule has 0 spiro atoms. The van der Waals surface area contributed by atoms with Crippen molar-refractivity contribution < 1.29 is 42.1 Å². The molecule has 0 aromatic heterocycles. The maximum Gasteiger partial charge on any atom is 0.472 e. The zero-order valence-corrected chi connectivity index (χ0v) is 46.0. The predicted molar refractivity (Wildman–Crippen MR) is 289 cm³/mol. The van der Waals surface area contributed by atoms with Crippen molar-refractivity contribution in [1.29, 1.82) is 0 Å². The van der Waals surface area contributed by atoms with E-state index in [4.69, 9.17) is 18.5 Å². The second-order valence-electron chi connectivity index (χ2n) is 20.3. The molecule has 0 aliphatic heterocycles. The lowest BCUT2D eigenvalue weighted by Gasteiger charge is -2.24. The highest BCUT2D eigenvalue weighted by Gasteiger charge is 2.27. The van der Waals surface area contributed by atoms with Gasteiger partial charge in [0.25, 0.3) is 0 Å². The second kappa shape index (κ2) is 49.9. The molecule has 0 bridgehead atoms. The molecular formula is C58H109NO8P+. The molecule has 10 heteroatoms. The number of esters is 2. The van der Waals surface area contributed by atoms with Crippen LogP contribution >= 0.6 is 7.82 Å². The van der Waals surface area contributed by atoms with E-state index in [0.29, 0.717) is 17.4 Å². The van der Waals surface area contributed by atoms with Crippen LogP contribution in [0.2, 0.25) is 0 Å². The average Bonchev–Trinajstić information content (AvgIpc) is 3.30. The van der Waals surface area contributed by atoms with Crippen LogP contribution in [0.5, 0.6) is 0 Å². The van der Waals surface area contributed by atoms with Crippen LogP contribution in [0.3, 0.4) is 0 Å². The first-order valence-electron chi connectivity index (χ1n) is 28.4. The monoisotopic (exact) mass is 979 g/mol. The van der Waals surface area contributed by atoms with Gasteiger partial charge in [0.1, 0.15) is 19.8 Å². The zero-order chi connectivity index (χ0) is 49.9. The summed E-state index contributed by atoms with van der Waals surface area (Å²) in [7, 11) is 1.47. The van der Waals surface area contributed by atoms with Gasteiger partial charge >= 0.3 is 19.8 Å². The Morgan fingerprint density at radius 2 is 0.794 bits per heavy atom. The molecule has 0 aromatic carbocycles. The highest BCUT2D eigenvalue weighted by molar-refractivity contribution is 7.47. The van der Waals surface area contributed by atoms with E-state index in [2.05, 4.69) is 62.5 Å². The van der Waals surface area contributed by atoms with Crippen molar-refractivity contribution in [3.63, 3.8) is 0 Å². The minimum absolute atomic E-state index is 0.0291. The van der Waals surface area contributed by atoms with Gasteiger partial charge < -0.3 is 18.9 Å². The van der Waals surface area contributed by atoms with Crippen LogP contribution in [0.4, 0.5) is 0 Å². The fourth-order valence-corrected chi connectivity index (χ4v) is 8.64. The van der Waals surface area contributed by atoms with Gasteiger partial charge in [0, 0.05) is 12.8 Å². The third-order valence-electron chi connectivity index (χ3n) is 12.3. The van der Waals surface area contributed by atoms with Gasteiger partial charge in [0.05, 0.1) is 27.7 Å². The smallest absolute Gasteiger partial charge is 0.462 e. The van der Waals surface area contributed by atoms with Gasteiger partial charge in [0.15, 0.2) is 6.10 Å². The molecule has 2 atom stereocenters. The van der Waals surface area contributed by atoms with Gasteiger partial charge in [-0.05, 0) is 77.0 Å². The molecule has 0 fully saturated rings. The molecule has 0 saturated carbocycles. The molecule has 1 N–H and O–H groups in total. The summed E-state index contributed by atoms with van der Waals surface area (Å²) in [5.74, 6) is -0.801. The highest BCUT2D eigenvalue weighted by atomic mass is 31.2. The van der Waals surface area contributed by atoms with Gasteiger partial charge in [-0.2, -0.15) is 0 Å². The summed E-state index contributed by atoms with van der Waals surface area (Å²) in [5.41, 5.74) is 0. The zero-order valence-electron chi connectivity index (χ0n) is 45.1. The number of nitrogens with zero attached hydrogens (tertiary/aromatic N) is 1. The van der Waals surface area contributed by atoms with E-state index in [0.717, 1.165) is 57.8 Å². The minimum atomic E-state index is -4.39. The first kappa shape index (κ1) is 66.0. The van der Waals surface area contributed by atoms with Crippen LogP contribution < -0.4 is 0 Å². The summed E-state index contributed by atoms with van der Waals surface area (Å²) in [5, 5.41) is 0.